The molecule has 80 valence electrons. The van der Waals surface area contributed by atoms with Crippen LogP contribution in [0.4, 0.5) is 0 Å². The average molecular weight is 194 g/mol. The van der Waals surface area contributed by atoms with Gasteiger partial charge in [0.1, 0.15) is 0 Å². The van der Waals surface area contributed by atoms with E-state index in [0.29, 0.717) is 5.54 Å². The van der Waals surface area contributed by atoms with Crippen molar-refractivity contribution in [3.8, 4) is 0 Å². The lowest BCUT2D eigenvalue weighted by molar-refractivity contribution is 0.211. The van der Waals surface area contributed by atoms with Crippen LogP contribution in [-0.4, -0.2) is 24.7 Å². The predicted molar refractivity (Wildman–Crippen MR) is 58.3 cm³/mol. The normalized spacial score (nSPS) is 50.8. The molecule has 0 aromatic rings. The van der Waals surface area contributed by atoms with Crippen molar-refractivity contribution in [2.45, 2.75) is 50.6 Å². The number of rotatable bonds is 3. The van der Waals surface area contributed by atoms with Crippen molar-refractivity contribution in [1.82, 2.24) is 10.6 Å². The summed E-state index contributed by atoms with van der Waals surface area (Å²) in [5.41, 5.74) is 0.524. The van der Waals surface area contributed by atoms with Gasteiger partial charge in [0, 0.05) is 18.1 Å². The Morgan fingerprint density at radius 3 is 2.79 bits per heavy atom. The molecule has 2 bridgehead atoms. The summed E-state index contributed by atoms with van der Waals surface area (Å²) in [6.45, 7) is 4.89. The van der Waals surface area contributed by atoms with Gasteiger partial charge >= 0.3 is 0 Å². The highest BCUT2D eigenvalue weighted by Gasteiger charge is 2.49. The van der Waals surface area contributed by atoms with Crippen LogP contribution in [0.15, 0.2) is 0 Å². The van der Waals surface area contributed by atoms with Gasteiger partial charge in [0.25, 0.3) is 0 Å². The molecule has 4 fully saturated rings. The van der Waals surface area contributed by atoms with Crippen LogP contribution in [0, 0.1) is 11.8 Å². The molecule has 14 heavy (non-hydrogen) atoms. The minimum Gasteiger partial charge on any atom is -0.312 e. The summed E-state index contributed by atoms with van der Waals surface area (Å²) in [6, 6.07) is 0.820. The van der Waals surface area contributed by atoms with E-state index in [1.165, 1.54) is 45.2 Å². The first-order valence-electron chi connectivity index (χ1n) is 6.24. The third-order valence-electron chi connectivity index (χ3n) is 4.55. The molecule has 2 saturated carbocycles. The molecular formula is C12H22N2. The van der Waals surface area contributed by atoms with Gasteiger partial charge in [-0.15, -0.1) is 0 Å². The van der Waals surface area contributed by atoms with Gasteiger partial charge < -0.3 is 10.6 Å². The summed E-state index contributed by atoms with van der Waals surface area (Å²) in [4.78, 5) is 0. The lowest BCUT2D eigenvalue weighted by Crippen LogP contribution is -2.52. The Labute approximate surface area is 86.8 Å². The molecule has 2 aliphatic carbocycles. The molecular weight excluding hydrogens is 172 g/mol. The number of hydrogen-bond donors (Lipinski definition) is 2. The third kappa shape index (κ3) is 1.49. The molecule has 0 radical (unpaired) electrons. The maximum absolute atomic E-state index is 3.77. The lowest BCUT2D eigenvalue weighted by atomic mass is 9.73. The monoisotopic (exact) mass is 194 g/mol. The van der Waals surface area contributed by atoms with Gasteiger partial charge in [-0.1, -0.05) is 6.92 Å². The van der Waals surface area contributed by atoms with E-state index in [2.05, 4.69) is 17.6 Å². The third-order valence-corrected chi connectivity index (χ3v) is 4.55. The van der Waals surface area contributed by atoms with Crippen molar-refractivity contribution >= 4 is 0 Å². The minimum atomic E-state index is 0.524. The van der Waals surface area contributed by atoms with Gasteiger partial charge in [0.15, 0.2) is 0 Å². The van der Waals surface area contributed by atoms with E-state index in [0.717, 1.165) is 17.9 Å². The first kappa shape index (κ1) is 9.17. The Bertz CT molecular complexity index is 215. The van der Waals surface area contributed by atoms with Crippen molar-refractivity contribution in [3.63, 3.8) is 0 Å². The van der Waals surface area contributed by atoms with Crippen LogP contribution >= 0.6 is 0 Å². The molecule has 4 aliphatic rings. The fourth-order valence-corrected chi connectivity index (χ4v) is 3.63. The SMILES string of the molecule is CC1CCC(NCC23CC(CN2)C3)C1. The molecule has 2 unspecified atom stereocenters. The quantitative estimate of drug-likeness (QED) is 0.712. The van der Waals surface area contributed by atoms with Crippen LogP contribution in [0.25, 0.3) is 0 Å². The van der Waals surface area contributed by atoms with E-state index in [-0.39, 0.29) is 0 Å². The van der Waals surface area contributed by atoms with Crippen molar-refractivity contribution in [2.75, 3.05) is 13.1 Å². The van der Waals surface area contributed by atoms with Crippen LogP contribution in [0.2, 0.25) is 0 Å². The zero-order valence-corrected chi connectivity index (χ0v) is 9.18. The zero-order chi connectivity index (χ0) is 9.60. The fraction of sp³-hybridized carbons (Fsp3) is 1.00. The molecule has 2 heterocycles. The van der Waals surface area contributed by atoms with Gasteiger partial charge in [-0.3, -0.25) is 0 Å². The zero-order valence-electron chi connectivity index (χ0n) is 9.18. The molecule has 4 rings (SSSR count). The standard InChI is InChI=1S/C12H22N2/c1-9-2-3-11(4-9)13-8-12-5-10(6-12)7-14-12/h9-11,13-14H,2-8H2,1H3. The number of fused-ring (bicyclic) bond motifs is 1. The van der Waals surface area contributed by atoms with Crippen molar-refractivity contribution in [3.05, 3.63) is 0 Å². The molecule has 2 heteroatoms. The van der Waals surface area contributed by atoms with Crippen LogP contribution in [0.1, 0.15) is 39.0 Å². The fourth-order valence-electron chi connectivity index (χ4n) is 3.63. The van der Waals surface area contributed by atoms with Crippen LogP contribution in [0.3, 0.4) is 0 Å². The average Bonchev–Trinajstić information content (AvgIpc) is 2.73. The second-order valence-electron chi connectivity index (χ2n) is 5.93. The number of nitrogens with one attached hydrogen (secondary N) is 2. The summed E-state index contributed by atoms with van der Waals surface area (Å²) in [5.74, 6) is 1.97. The van der Waals surface area contributed by atoms with E-state index in [9.17, 15) is 0 Å². The second kappa shape index (κ2) is 3.21. The Hall–Kier alpha value is -0.0800. The molecule has 2 saturated heterocycles. The first-order valence-corrected chi connectivity index (χ1v) is 6.24. The van der Waals surface area contributed by atoms with Crippen molar-refractivity contribution in [1.29, 1.82) is 0 Å². The molecule has 2 atom stereocenters. The Morgan fingerprint density at radius 2 is 2.21 bits per heavy atom. The lowest BCUT2D eigenvalue weighted by Gasteiger charge is -2.38. The predicted octanol–water partition coefficient (Wildman–Crippen LogP) is 1.52. The highest BCUT2D eigenvalue weighted by molar-refractivity contribution is 5.09. The molecule has 2 N–H and O–H groups in total. The maximum Gasteiger partial charge on any atom is 0.0312 e. The second-order valence-corrected chi connectivity index (χ2v) is 5.93. The van der Waals surface area contributed by atoms with E-state index < -0.39 is 0 Å². The van der Waals surface area contributed by atoms with Gasteiger partial charge in [-0.25, -0.2) is 0 Å². The Morgan fingerprint density at radius 1 is 1.36 bits per heavy atom. The molecule has 0 aromatic heterocycles. The summed E-state index contributed by atoms with van der Waals surface area (Å²) in [6.07, 6.45) is 7.10. The Balaban J connectivity index is 1.46. The molecule has 0 spiro atoms. The van der Waals surface area contributed by atoms with Gasteiger partial charge in [-0.2, -0.15) is 0 Å². The van der Waals surface area contributed by atoms with Gasteiger partial charge in [-0.05, 0) is 50.5 Å². The first-order chi connectivity index (χ1) is 6.76. The highest BCUT2D eigenvalue weighted by Crippen LogP contribution is 2.43. The molecule has 2 nitrogen and oxygen atoms in total. The number of hydrogen-bond acceptors (Lipinski definition) is 2. The molecule has 2 aliphatic heterocycles. The molecule has 0 aromatic carbocycles. The van der Waals surface area contributed by atoms with Crippen LogP contribution in [-0.2, 0) is 0 Å². The van der Waals surface area contributed by atoms with Gasteiger partial charge in [0.2, 0.25) is 0 Å². The summed E-state index contributed by atoms with van der Waals surface area (Å²) in [5, 5.41) is 7.45. The maximum atomic E-state index is 3.77. The van der Waals surface area contributed by atoms with Crippen LogP contribution < -0.4 is 10.6 Å². The minimum absolute atomic E-state index is 0.524. The summed E-state index contributed by atoms with van der Waals surface area (Å²) in [7, 11) is 0. The smallest absolute Gasteiger partial charge is 0.0312 e. The van der Waals surface area contributed by atoms with E-state index in [1.807, 2.05) is 0 Å². The largest absolute Gasteiger partial charge is 0.312 e. The molecule has 0 amide bonds. The van der Waals surface area contributed by atoms with E-state index in [4.69, 9.17) is 0 Å². The van der Waals surface area contributed by atoms with Crippen molar-refractivity contribution in [2.24, 2.45) is 11.8 Å². The van der Waals surface area contributed by atoms with E-state index in [1.54, 1.807) is 0 Å². The topological polar surface area (TPSA) is 24.1 Å². The summed E-state index contributed by atoms with van der Waals surface area (Å²) < 4.78 is 0. The van der Waals surface area contributed by atoms with E-state index >= 15 is 0 Å². The Kier molecular flexibility index (Phi) is 2.10. The van der Waals surface area contributed by atoms with Crippen molar-refractivity contribution < 1.29 is 0 Å². The highest BCUT2D eigenvalue weighted by atomic mass is 15.1. The van der Waals surface area contributed by atoms with Gasteiger partial charge in [0.05, 0.1) is 0 Å². The summed E-state index contributed by atoms with van der Waals surface area (Å²) >= 11 is 0. The van der Waals surface area contributed by atoms with Crippen LogP contribution in [0.5, 0.6) is 0 Å².